The molecule has 0 fully saturated rings. The molecule has 2 N–H and O–H groups in total. The maximum atomic E-state index is 14.4. The number of anilines is 2. The van der Waals surface area contributed by atoms with Gasteiger partial charge in [-0.2, -0.15) is 9.78 Å². The highest BCUT2D eigenvalue weighted by Gasteiger charge is 2.17. The average Bonchev–Trinajstić information content (AvgIpc) is 2.97. The predicted octanol–water partition coefficient (Wildman–Crippen LogP) is 5.58. The molecule has 0 saturated heterocycles. The molecule has 2 heterocycles. The fourth-order valence-corrected chi connectivity index (χ4v) is 3.98. The zero-order valence-electron chi connectivity index (χ0n) is 21.7. The summed E-state index contributed by atoms with van der Waals surface area (Å²) in [6.45, 7) is 2.36. The molecule has 5 rings (SSSR count). The van der Waals surface area contributed by atoms with E-state index in [1.54, 1.807) is 54.7 Å². The fraction of sp³-hybridized carbons (Fsp3) is 0.0968. The van der Waals surface area contributed by atoms with Crippen LogP contribution in [0.1, 0.15) is 21.6 Å². The Hall–Kier alpha value is -5.31. The van der Waals surface area contributed by atoms with Crippen molar-refractivity contribution in [3.63, 3.8) is 0 Å². The van der Waals surface area contributed by atoms with Crippen molar-refractivity contribution in [1.82, 2.24) is 20.1 Å². The Kier molecular flexibility index (Phi) is 7.92. The number of hydrogen-bond donors (Lipinski definition) is 2. The van der Waals surface area contributed by atoms with Crippen LogP contribution < -0.4 is 20.9 Å². The molecule has 200 valence electrons. The van der Waals surface area contributed by atoms with Crippen molar-refractivity contribution in [2.24, 2.45) is 0 Å². The number of carbonyl (C=O) groups is 1. The molecule has 0 aliphatic rings. The summed E-state index contributed by atoms with van der Waals surface area (Å²) in [5.74, 6) is -0.876. The van der Waals surface area contributed by atoms with Gasteiger partial charge >= 0.3 is 0 Å². The molecular weight excluding hydrogens is 509 g/mol. The number of ether oxygens (including phenoxy) is 1. The number of amides is 1. The SMILES string of the molecule is Cc1ccc(-n2ncc(Oc3ccccc3F)c(Nc3cccc(C(=O)NCCc4ccccn4)c3)c2=O)cc1. The first-order valence-electron chi connectivity index (χ1n) is 12.6. The van der Waals surface area contributed by atoms with Crippen LogP contribution in [0.4, 0.5) is 15.8 Å². The maximum absolute atomic E-state index is 14.4. The van der Waals surface area contributed by atoms with Crippen LogP contribution >= 0.6 is 0 Å². The van der Waals surface area contributed by atoms with Crippen molar-refractivity contribution in [2.45, 2.75) is 13.3 Å². The zero-order valence-corrected chi connectivity index (χ0v) is 21.7. The van der Waals surface area contributed by atoms with Crippen LogP contribution in [0.3, 0.4) is 0 Å². The lowest BCUT2D eigenvalue weighted by atomic mass is 10.1. The molecule has 40 heavy (non-hydrogen) atoms. The molecule has 5 aromatic rings. The minimum absolute atomic E-state index is 0.0312. The Morgan fingerprint density at radius 1 is 0.950 bits per heavy atom. The van der Waals surface area contributed by atoms with Gasteiger partial charge in [0.15, 0.2) is 23.0 Å². The van der Waals surface area contributed by atoms with Crippen molar-refractivity contribution in [3.05, 3.63) is 136 Å². The van der Waals surface area contributed by atoms with Gasteiger partial charge in [-0.15, -0.1) is 0 Å². The van der Waals surface area contributed by atoms with E-state index in [-0.39, 0.29) is 23.1 Å². The van der Waals surface area contributed by atoms with E-state index in [9.17, 15) is 14.0 Å². The van der Waals surface area contributed by atoms with Crippen molar-refractivity contribution in [1.29, 1.82) is 0 Å². The number of carbonyl (C=O) groups excluding carboxylic acids is 1. The summed E-state index contributed by atoms with van der Waals surface area (Å²) in [6.07, 6.45) is 3.66. The van der Waals surface area contributed by atoms with Gasteiger partial charge in [0.2, 0.25) is 0 Å². The van der Waals surface area contributed by atoms with Gasteiger partial charge in [0.1, 0.15) is 0 Å². The van der Waals surface area contributed by atoms with E-state index >= 15 is 0 Å². The molecule has 0 saturated carbocycles. The molecule has 1 amide bonds. The number of aryl methyl sites for hydroxylation is 1. The molecule has 3 aromatic carbocycles. The van der Waals surface area contributed by atoms with E-state index in [1.165, 1.54) is 23.0 Å². The second-order valence-corrected chi connectivity index (χ2v) is 9.00. The summed E-state index contributed by atoms with van der Waals surface area (Å²) in [7, 11) is 0. The van der Waals surface area contributed by atoms with Crippen molar-refractivity contribution < 1.29 is 13.9 Å². The molecular formula is C31H26FN5O3. The van der Waals surface area contributed by atoms with E-state index in [1.807, 2.05) is 37.3 Å². The van der Waals surface area contributed by atoms with E-state index in [0.29, 0.717) is 29.9 Å². The Balaban J connectivity index is 1.43. The number of hydrogen-bond acceptors (Lipinski definition) is 6. The summed E-state index contributed by atoms with van der Waals surface area (Å²) >= 11 is 0. The average molecular weight is 536 g/mol. The summed E-state index contributed by atoms with van der Waals surface area (Å²) in [5, 5.41) is 10.2. The number of nitrogens with zero attached hydrogens (tertiary/aromatic N) is 3. The van der Waals surface area contributed by atoms with Gasteiger partial charge in [0.25, 0.3) is 11.5 Å². The molecule has 0 bridgehead atoms. The van der Waals surface area contributed by atoms with Crippen LogP contribution in [0.25, 0.3) is 5.69 Å². The van der Waals surface area contributed by atoms with Crippen LogP contribution in [0.2, 0.25) is 0 Å². The molecule has 0 aliphatic heterocycles. The summed E-state index contributed by atoms with van der Waals surface area (Å²) in [5.41, 5.74) is 2.85. The highest BCUT2D eigenvalue weighted by Crippen LogP contribution is 2.30. The van der Waals surface area contributed by atoms with Crippen LogP contribution in [-0.2, 0) is 6.42 Å². The standard InChI is InChI=1S/C31H26FN5O3/c1-21-12-14-25(15-13-21)37-31(39)29(28(20-35-37)40-27-11-3-2-10-26(27)32)36-24-9-6-7-22(19-24)30(38)34-18-16-23-8-4-5-17-33-23/h2-15,17,19-20,36H,16,18H2,1H3,(H,34,38). The smallest absolute Gasteiger partial charge is 0.299 e. The highest BCUT2D eigenvalue weighted by atomic mass is 19.1. The van der Waals surface area contributed by atoms with Gasteiger partial charge in [0.05, 0.1) is 11.9 Å². The number of aromatic nitrogens is 3. The van der Waals surface area contributed by atoms with Crippen LogP contribution in [-0.4, -0.2) is 27.2 Å². The molecule has 9 heteroatoms. The summed E-state index contributed by atoms with van der Waals surface area (Å²) < 4.78 is 21.4. The lowest BCUT2D eigenvalue weighted by Crippen LogP contribution is -2.26. The van der Waals surface area contributed by atoms with Crippen LogP contribution in [0, 0.1) is 12.7 Å². The van der Waals surface area contributed by atoms with E-state index in [0.717, 1.165) is 11.3 Å². The molecule has 2 aromatic heterocycles. The molecule has 0 atom stereocenters. The topological polar surface area (TPSA) is 98.1 Å². The number of benzene rings is 3. The lowest BCUT2D eigenvalue weighted by molar-refractivity contribution is 0.0954. The largest absolute Gasteiger partial charge is 0.450 e. The number of pyridine rings is 1. The fourth-order valence-electron chi connectivity index (χ4n) is 3.98. The van der Waals surface area contributed by atoms with Gasteiger partial charge in [-0.3, -0.25) is 14.6 Å². The van der Waals surface area contributed by atoms with Gasteiger partial charge in [-0.05, 0) is 61.5 Å². The first-order valence-corrected chi connectivity index (χ1v) is 12.6. The predicted molar refractivity (Wildman–Crippen MR) is 151 cm³/mol. The number of rotatable bonds is 9. The van der Waals surface area contributed by atoms with E-state index in [4.69, 9.17) is 4.74 Å². The third-order valence-corrected chi connectivity index (χ3v) is 6.07. The lowest BCUT2D eigenvalue weighted by Gasteiger charge is -2.15. The van der Waals surface area contributed by atoms with Gasteiger partial charge in [0, 0.05) is 36.1 Å². The third kappa shape index (κ3) is 6.21. The second-order valence-electron chi connectivity index (χ2n) is 9.00. The maximum Gasteiger partial charge on any atom is 0.299 e. The quantitative estimate of drug-likeness (QED) is 0.256. The minimum Gasteiger partial charge on any atom is -0.450 e. The number of para-hydroxylation sites is 1. The minimum atomic E-state index is -0.583. The first kappa shape index (κ1) is 26.3. The normalized spacial score (nSPS) is 10.7. The highest BCUT2D eigenvalue weighted by molar-refractivity contribution is 5.95. The van der Waals surface area contributed by atoms with Gasteiger partial charge in [-0.1, -0.05) is 42.0 Å². The van der Waals surface area contributed by atoms with Crippen molar-refractivity contribution >= 4 is 17.3 Å². The Morgan fingerprint density at radius 2 is 1.75 bits per heavy atom. The number of nitrogens with one attached hydrogen (secondary N) is 2. The Morgan fingerprint density at radius 3 is 2.52 bits per heavy atom. The monoisotopic (exact) mass is 535 g/mol. The first-order chi connectivity index (χ1) is 19.5. The van der Waals surface area contributed by atoms with Gasteiger partial charge in [-0.25, -0.2) is 4.39 Å². The van der Waals surface area contributed by atoms with Crippen molar-refractivity contribution in [2.75, 3.05) is 11.9 Å². The molecule has 0 spiro atoms. The van der Waals surface area contributed by atoms with Gasteiger partial charge < -0.3 is 15.4 Å². The molecule has 0 aliphatic carbocycles. The Labute approximate surface area is 230 Å². The second kappa shape index (κ2) is 12.0. The van der Waals surface area contributed by atoms with Crippen LogP contribution in [0.15, 0.2) is 108 Å². The molecule has 0 unspecified atom stereocenters. The molecule has 0 radical (unpaired) electrons. The summed E-state index contributed by atoms with van der Waals surface area (Å²) in [6, 6.07) is 25.5. The Bertz CT molecular complexity index is 1690. The number of halogens is 1. The van der Waals surface area contributed by atoms with Crippen LogP contribution in [0.5, 0.6) is 11.5 Å². The third-order valence-electron chi connectivity index (χ3n) is 6.07. The summed E-state index contributed by atoms with van der Waals surface area (Å²) in [4.78, 5) is 30.7. The van der Waals surface area contributed by atoms with E-state index in [2.05, 4.69) is 20.7 Å². The zero-order chi connectivity index (χ0) is 27.9. The molecule has 8 nitrogen and oxygen atoms in total. The van der Waals surface area contributed by atoms with E-state index < -0.39 is 11.4 Å². The van der Waals surface area contributed by atoms with Crippen molar-refractivity contribution in [3.8, 4) is 17.2 Å².